The highest BCUT2D eigenvalue weighted by Gasteiger charge is 2.29. The second-order valence-corrected chi connectivity index (χ2v) is 11.2. The van der Waals surface area contributed by atoms with Gasteiger partial charge in [-0.05, 0) is 72.5 Å². The number of phenolic OH excluding ortho intramolecular Hbond substituents is 2. The van der Waals surface area contributed by atoms with Crippen molar-refractivity contribution < 1.29 is 14.9 Å². The van der Waals surface area contributed by atoms with Gasteiger partial charge in [0, 0.05) is 17.7 Å². The van der Waals surface area contributed by atoms with Gasteiger partial charge in [-0.25, -0.2) is 0 Å². The number of fused-ring (bicyclic) bond motifs is 1. The van der Waals surface area contributed by atoms with E-state index in [9.17, 15) is 10.2 Å². The highest BCUT2D eigenvalue weighted by atomic mass is 16.5. The normalized spacial score (nSPS) is 14.8. The van der Waals surface area contributed by atoms with Crippen LogP contribution in [0.1, 0.15) is 106 Å². The van der Waals surface area contributed by atoms with Gasteiger partial charge in [-0.2, -0.15) is 0 Å². The Morgan fingerprint density at radius 3 is 2.17 bits per heavy atom. The third-order valence-electron chi connectivity index (χ3n) is 7.95. The van der Waals surface area contributed by atoms with E-state index in [0.29, 0.717) is 0 Å². The summed E-state index contributed by atoms with van der Waals surface area (Å²) in [6.45, 7) is 6.27. The van der Waals surface area contributed by atoms with Crippen molar-refractivity contribution in [3.05, 3.63) is 95.1 Å². The molecule has 218 valence electrons. The molecular weight excluding hydrogens is 506 g/mol. The van der Waals surface area contributed by atoms with E-state index in [-0.39, 0.29) is 17.6 Å². The van der Waals surface area contributed by atoms with Crippen LogP contribution in [0.4, 0.5) is 0 Å². The zero-order valence-corrected chi connectivity index (χ0v) is 24.9. The Hall–Kier alpha value is -3.50. The molecule has 3 N–H and O–H groups in total. The van der Waals surface area contributed by atoms with Gasteiger partial charge >= 0.3 is 0 Å². The summed E-state index contributed by atoms with van der Waals surface area (Å²) in [6.07, 6.45) is 17.7. The summed E-state index contributed by atoms with van der Waals surface area (Å²) in [5.41, 5.74) is 5.96. The fourth-order valence-corrected chi connectivity index (χ4v) is 5.62. The Kier molecular flexibility index (Phi) is 11.9. The number of benzene rings is 3. The summed E-state index contributed by atoms with van der Waals surface area (Å²) in [5.74, 6) is 1.16. The number of unbranched alkanes of at least 4 members (excludes halogenated alkanes) is 9. The SMILES string of the molecule is CCCCCCCCCCCCNC/C=C/c1ccc(C2Oc3ccc(O)cc3C(C)=C2c2cccc(O)c2)cc1. The van der Waals surface area contributed by atoms with Crippen LogP contribution in [-0.4, -0.2) is 23.3 Å². The Morgan fingerprint density at radius 2 is 1.46 bits per heavy atom. The smallest absolute Gasteiger partial charge is 0.150 e. The third-order valence-corrected chi connectivity index (χ3v) is 7.95. The number of aromatic hydroxyl groups is 2. The molecule has 1 heterocycles. The highest BCUT2D eigenvalue weighted by molar-refractivity contribution is 5.95. The molecule has 1 aliphatic heterocycles. The van der Waals surface area contributed by atoms with E-state index in [1.54, 1.807) is 24.3 Å². The van der Waals surface area contributed by atoms with E-state index in [2.05, 4.69) is 48.7 Å². The van der Waals surface area contributed by atoms with Crippen LogP contribution in [0.15, 0.2) is 72.8 Å². The minimum absolute atomic E-state index is 0.203. The Labute approximate surface area is 246 Å². The molecule has 3 aromatic carbocycles. The second kappa shape index (κ2) is 16.1. The molecule has 4 nitrogen and oxygen atoms in total. The lowest BCUT2D eigenvalue weighted by molar-refractivity contribution is 0.259. The van der Waals surface area contributed by atoms with Crippen LogP contribution in [-0.2, 0) is 0 Å². The van der Waals surface area contributed by atoms with Crippen molar-refractivity contribution in [3.63, 3.8) is 0 Å². The first kappa shape index (κ1) is 30.5. The summed E-state index contributed by atoms with van der Waals surface area (Å²) in [6, 6.07) is 21.0. The number of phenols is 2. The first-order valence-corrected chi connectivity index (χ1v) is 15.5. The van der Waals surface area contributed by atoms with Gasteiger partial charge in [0.15, 0.2) is 0 Å². The molecule has 0 aromatic heterocycles. The summed E-state index contributed by atoms with van der Waals surface area (Å²) in [4.78, 5) is 0. The van der Waals surface area contributed by atoms with E-state index in [1.165, 1.54) is 64.2 Å². The first-order chi connectivity index (χ1) is 20.1. The number of rotatable bonds is 16. The maximum absolute atomic E-state index is 10.2. The predicted molar refractivity (Wildman–Crippen MR) is 172 cm³/mol. The van der Waals surface area contributed by atoms with Gasteiger partial charge < -0.3 is 20.3 Å². The average Bonchev–Trinajstić information content (AvgIpc) is 2.98. The van der Waals surface area contributed by atoms with Crippen molar-refractivity contribution in [3.8, 4) is 17.2 Å². The molecule has 0 saturated heterocycles. The predicted octanol–water partition coefficient (Wildman–Crippen LogP) is 9.69. The standard InChI is InChI=1S/C37H47NO3/c1-3-4-5-6-7-8-9-10-11-12-24-38-25-14-15-29-18-20-30(21-19-29)37-36(31-16-13-17-32(39)26-31)28(2)34-27-33(40)22-23-35(34)41-37/h13-23,26-27,37-40H,3-12,24-25H2,1-2H3/b15-14+. The maximum atomic E-state index is 10.2. The third kappa shape index (κ3) is 8.99. The molecule has 4 heteroatoms. The molecule has 1 aliphatic rings. The minimum atomic E-state index is -0.324. The molecular formula is C37H47NO3. The fraction of sp³-hybridized carbons (Fsp3) is 0.405. The molecule has 0 spiro atoms. The minimum Gasteiger partial charge on any atom is -0.508 e. The zero-order valence-electron chi connectivity index (χ0n) is 24.9. The van der Waals surface area contributed by atoms with Crippen molar-refractivity contribution in [2.24, 2.45) is 0 Å². The molecule has 0 amide bonds. The van der Waals surface area contributed by atoms with E-state index >= 15 is 0 Å². The van der Waals surface area contributed by atoms with Crippen molar-refractivity contribution in [2.45, 2.75) is 84.2 Å². The Balaban J connectivity index is 1.28. The summed E-state index contributed by atoms with van der Waals surface area (Å²) in [5, 5.41) is 23.8. The van der Waals surface area contributed by atoms with E-state index in [0.717, 1.165) is 52.2 Å². The van der Waals surface area contributed by atoms with Crippen molar-refractivity contribution in [2.75, 3.05) is 13.1 Å². The van der Waals surface area contributed by atoms with Gasteiger partial charge in [-0.15, -0.1) is 0 Å². The molecule has 1 unspecified atom stereocenters. The molecule has 0 aliphatic carbocycles. The zero-order chi connectivity index (χ0) is 28.9. The monoisotopic (exact) mass is 553 g/mol. The molecule has 0 bridgehead atoms. The fourth-order valence-electron chi connectivity index (χ4n) is 5.62. The quantitative estimate of drug-likeness (QED) is 0.155. The molecule has 3 aromatic rings. The second-order valence-electron chi connectivity index (χ2n) is 11.2. The van der Waals surface area contributed by atoms with Crippen molar-refractivity contribution in [1.82, 2.24) is 5.32 Å². The van der Waals surface area contributed by atoms with Crippen LogP contribution in [0.25, 0.3) is 17.2 Å². The van der Waals surface area contributed by atoms with Gasteiger partial charge in [0.1, 0.15) is 23.4 Å². The van der Waals surface area contributed by atoms with Gasteiger partial charge in [0.25, 0.3) is 0 Å². The van der Waals surface area contributed by atoms with E-state index in [1.807, 2.05) is 25.1 Å². The van der Waals surface area contributed by atoms with Crippen molar-refractivity contribution in [1.29, 1.82) is 0 Å². The lowest BCUT2D eigenvalue weighted by Crippen LogP contribution is -2.16. The van der Waals surface area contributed by atoms with Gasteiger partial charge in [0.2, 0.25) is 0 Å². The lowest BCUT2D eigenvalue weighted by atomic mass is 9.86. The average molecular weight is 554 g/mol. The number of hydrogen-bond acceptors (Lipinski definition) is 4. The van der Waals surface area contributed by atoms with Crippen LogP contribution >= 0.6 is 0 Å². The van der Waals surface area contributed by atoms with Crippen LogP contribution in [0.3, 0.4) is 0 Å². The largest absolute Gasteiger partial charge is 0.508 e. The number of ether oxygens (including phenoxy) is 1. The van der Waals surface area contributed by atoms with E-state index in [4.69, 9.17) is 4.74 Å². The summed E-state index contributed by atoms with van der Waals surface area (Å²) >= 11 is 0. The molecule has 4 rings (SSSR count). The van der Waals surface area contributed by atoms with Crippen LogP contribution in [0, 0.1) is 0 Å². The topological polar surface area (TPSA) is 61.7 Å². The van der Waals surface area contributed by atoms with Gasteiger partial charge in [-0.3, -0.25) is 0 Å². The summed E-state index contributed by atoms with van der Waals surface area (Å²) < 4.78 is 6.50. The number of hydrogen-bond donors (Lipinski definition) is 3. The molecule has 0 saturated carbocycles. The van der Waals surface area contributed by atoms with E-state index < -0.39 is 0 Å². The van der Waals surface area contributed by atoms with Crippen LogP contribution < -0.4 is 10.1 Å². The van der Waals surface area contributed by atoms with Crippen LogP contribution in [0.2, 0.25) is 0 Å². The Morgan fingerprint density at radius 1 is 0.780 bits per heavy atom. The maximum Gasteiger partial charge on any atom is 0.150 e. The van der Waals surface area contributed by atoms with Gasteiger partial charge in [-0.1, -0.05) is 113 Å². The van der Waals surface area contributed by atoms with Crippen LogP contribution in [0.5, 0.6) is 17.2 Å². The molecule has 0 radical (unpaired) electrons. The van der Waals surface area contributed by atoms with Crippen molar-refractivity contribution >= 4 is 17.2 Å². The first-order valence-electron chi connectivity index (χ1n) is 15.5. The molecule has 0 fully saturated rings. The Bertz CT molecular complexity index is 1290. The highest BCUT2D eigenvalue weighted by Crippen LogP contribution is 2.47. The number of nitrogens with one attached hydrogen (secondary N) is 1. The molecule has 1 atom stereocenters. The molecule has 41 heavy (non-hydrogen) atoms. The summed E-state index contributed by atoms with van der Waals surface area (Å²) in [7, 11) is 0. The lowest BCUT2D eigenvalue weighted by Gasteiger charge is -2.31. The number of allylic oxidation sites excluding steroid dienone is 1. The van der Waals surface area contributed by atoms with Gasteiger partial charge in [0.05, 0.1) is 0 Å².